The molecule has 0 spiro atoms. The summed E-state index contributed by atoms with van der Waals surface area (Å²) in [5.74, 6) is 0. The number of aryl methyl sites for hydroxylation is 1. The van der Waals surface area contributed by atoms with E-state index in [0.29, 0.717) is 0 Å². The molecule has 4 heteroatoms. The van der Waals surface area contributed by atoms with E-state index in [1.165, 1.54) is 7.11 Å². The molecule has 0 saturated carbocycles. The molecule has 1 aromatic carbocycles. The SMILES string of the molecule is CCCc1cc(Cl)ccc1Cl.COCO. The number of halogens is 2. The topological polar surface area (TPSA) is 29.5 Å². The molecule has 0 heterocycles. The molecule has 0 atom stereocenters. The van der Waals surface area contributed by atoms with Crippen LogP contribution >= 0.6 is 23.2 Å². The van der Waals surface area contributed by atoms with Crippen molar-refractivity contribution in [1.29, 1.82) is 0 Å². The van der Waals surface area contributed by atoms with Crippen LogP contribution in [0, 0.1) is 0 Å². The highest BCUT2D eigenvalue weighted by atomic mass is 35.5. The van der Waals surface area contributed by atoms with Gasteiger partial charge in [0.25, 0.3) is 0 Å². The number of aliphatic hydroxyl groups excluding tert-OH is 1. The van der Waals surface area contributed by atoms with E-state index in [1.54, 1.807) is 0 Å². The molecule has 0 amide bonds. The fourth-order valence-electron chi connectivity index (χ4n) is 1.00. The Morgan fingerprint density at radius 1 is 1.33 bits per heavy atom. The highest BCUT2D eigenvalue weighted by Crippen LogP contribution is 2.21. The Morgan fingerprint density at radius 3 is 2.40 bits per heavy atom. The van der Waals surface area contributed by atoms with Crippen LogP contribution in [0.2, 0.25) is 10.0 Å². The second kappa shape index (κ2) is 8.98. The van der Waals surface area contributed by atoms with Crippen LogP contribution in [0.5, 0.6) is 0 Å². The number of benzene rings is 1. The molecule has 1 N–H and O–H groups in total. The summed E-state index contributed by atoms with van der Waals surface area (Å²) in [5, 5.41) is 9.23. The minimum absolute atomic E-state index is 0.181. The van der Waals surface area contributed by atoms with Gasteiger partial charge in [-0.25, -0.2) is 0 Å². The Balaban J connectivity index is 0.000000423. The van der Waals surface area contributed by atoms with E-state index in [0.717, 1.165) is 28.5 Å². The first-order valence-electron chi connectivity index (χ1n) is 4.69. The Labute approximate surface area is 101 Å². The smallest absolute Gasteiger partial charge is 0.143 e. The summed E-state index contributed by atoms with van der Waals surface area (Å²) in [6.07, 6.45) is 2.10. The standard InChI is InChI=1S/C9H10Cl2.C2H6O2/c1-2-3-7-6-8(10)4-5-9(7)11;1-4-2-3/h4-6H,2-3H2,1H3;3H,2H2,1H3. The monoisotopic (exact) mass is 250 g/mol. The summed E-state index contributed by atoms with van der Waals surface area (Å²) in [6.45, 7) is 1.94. The van der Waals surface area contributed by atoms with Gasteiger partial charge in [0.15, 0.2) is 0 Å². The lowest BCUT2D eigenvalue weighted by molar-refractivity contribution is 0.0325. The number of methoxy groups -OCH3 is 1. The van der Waals surface area contributed by atoms with Crippen molar-refractivity contribution in [2.75, 3.05) is 13.9 Å². The van der Waals surface area contributed by atoms with Crippen LogP contribution in [-0.4, -0.2) is 19.0 Å². The molecular weight excluding hydrogens is 235 g/mol. The van der Waals surface area contributed by atoms with Crippen molar-refractivity contribution in [3.8, 4) is 0 Å². The van der Waals surface area contributed by atoms with Crippen molar-refractivity contribution < 1.29 is 9.84 Å². The molecule has 1 aromatic rings. The van der Waals surface area contributed by atoms with Gasteiger partial charge in [0, 0.05) is 17.2 Å². The second-order valence-corrected chi connectivity index (χ2v) is 3.75. The summed E-state index contributed by atoms with van der Waals surface area (Å²) < 4.78 is 4.10. The molecule has 0 radical (unpaired) electrons. The maximum absolute atomic E-state index is 7.65. The first kappa shape index (κ1) is 14.7. The van der Waals surface area contributed by atoms with Gasteiger partial charge in [-0.3, -0.25) is 0 Å². The fraction of sp³-hybridized carbons (Fsp3) is 0.455. The quantitative estimate of drug-likeness (QED) is 0.833. The average Bonchev–Trinajstić information content (AvgIpc) is 2.24. The van der Waals surface area contributed by atoms with Gasteiger partial charge in [-0.05, 0) is 30.2 Å². The lowest BCUT2D eigenvalue weighted by atomic mass is 10.1. The van der Waals surface area contributed by atoms with E-state index >= 15 is 0 Å². The van der Waals surface area contributed by atoms with Crippen LogP contribution in [0.4, 0.5) is 0 Å². The van der Waals surface area contributed by atoms with Gasteiger partial charge in [0.05, 0.1) is 0 Å². The molecule has 0 aliphatic heterocycles. The third-order valence-electron chi connectivity index (χ3n) is 1.66. The zero-order valence-electron chi connectivity index (χ0n) is 8.96. The van der Waals surface area contributed by atoms with Crippen LogP contribution in [0.15, 0.2) is 18.2 Å². The van der Waals surface area contributed by atoms with Crippen LogP contribution < -0.4 is 0 Å². The van der Waals surface area contributed by atoms with Gasteiger partial charge in [-0.15, -0.1) is 0 Å². The van der Waals surface area contributed by atoms with E-state index in [1.807, 2.05) is 18.2 Å². The molecule has 0 aliphatic carbocycles. The molecule has 0 aromatic heterocycles. The van der Waals surface area contributed by atoms with Gasteiger partial charge >= 0.3 is 0 Å². The number of hydrogen-bond acceptors (Lipinski definition) is 2. The Kier molecular flexibility index (Phi) is 8.82. The minimum Gasteiger partial charge on any atom is -0.371 e. The summed E-state index contributed by atoms with van der Waals surface area (Å²) in [7, 11) is 1.43. The van der Waals surface area contributed by atoms with Gasteiger partial charge < -0.3 is 9.84 Å². The minimum atomic E-state index is -0.181. The molecular formula is C11H16Cl2O2. The normalized spacial score (nSPS) is 9.40. The van der Waals surface area contributed by atoms with Gasteiger partial charge in [-0.2, -0.15) is 0 Å². The Hall–Kier alpha value is -0.280. The number of rotatable bonds is 3. The van der Waals surface area contributed by atoms with Gasteiger partial charge in [-0.1, -0.05) is 36.5 Å². The predicted octanol–water partition coefficient (Wildman–Crippen LogP) is 3.53. The van der Waals surface area contributed by atoms with Crippen LogP contribution in [-0.2, 0) is 11.2 Å². The maximum atomic E-state index is 7.65. The third-order valence-corrected chi connectivity index (χ3v) is 2.26. The van der Waals surface area contributed by atoms with Crippen molar-refractivity contribution in [2.24, 2.45) is 0 Å². The molecule has 0 fully saturated rings. The van der Waals surface area contributed by atoms with Crippen molar-refractivity contribution >= 4 is 23.2 Å². The van der Waals surface area contributed by atoms with E-state index in [4.69, 9.17) is 28.3 Å². The highest BCUT2D eigenvalue weighted by molar-refractivity contribution is 6.33. The zero-order valence-corrected chi connectivity index (χ0v) is 10.5. The fourth-order valence-corrected chi connectivity index (χ4v) is 1.41. The highest BCUT2D eigenvalue weighted by Gasteiger charge is 1.98. The second-order valence-electron chi connectivity index (χ2n) is 2.90. The van der Waals surface area contributed by atoms with Crippen LogP contribution in [0.1, 0.15) is 18.9 Å². The summed E-state index contributed by atoms with van der Waals surface area (Å²) >= 11 is 11.7. The van der Waals surface area contributed by atoms with Crippen LogP contribution in [0.3, 0.4) is 0 Å². The maximum Gasteiger partial charge on any atom is 0.143 e. The molecule has 15 heavy (non-hydrogen) atoms. The Bertz CT molecular complexity index is 275. The van der Waals surface area contributed by atoms with Crippen molar-refractivity contribution in [1.82, 2.24) is 0 Å². The molecule has 2 nitrogen and oxygen atoms in total. The predicted molar refractivity (Wildman–Crippen MR) is 64.6 cm³/mol. The first-order valence-corrected chi connectivity index (χ1v) is 5.45. The molecule has 1 rings (SSSR count). The van der Waals surface area contributed by atoms with Crippen molar-refractivity contribution in [2.45, 2.75) is 19.8 Å². The van der Waals surface area contributed by atoms with Crippen molar-refractivity contribution in [3.05, 3.63) is 33.8 Å². The van der Waals surface area contributed by atoms with E-state index in [9.17, 15) is 0 Å². The number of aliphatic hydroxyl groups is 1. The third kappa shape index (κ3) is 6.74. The molecule has 0 unspecified atom stereocenters. The first-order chi connectivity index (χ1) is 7.15. The molecule has 0 aliphatic rings. The summed E-state index contributed by atoms with van der Waals surface area (Å²) in [5.41, 5.74) is 1.14. The molecule has 0 saturated heterocycles. The van der Waals surface area contributed by atoms with Gasteiger partial charge in [0.1, 0.15) is 6.79 Å². The lowest BCUT2D eigenvalue weighted by Gasteiger charge is -2.01. The van der Waals surface area contributed by atoms with E-state index in [2.05, 4.69) is 11.7 Å². The number of hydrogen-bond donors (Lipinski definition) is 1. The summed E-state index contributed by atoms with van der Waals surface area (Å²) in [4.78, 5) is 0. The van der Waals surface area contributed by atoms with E-state index < -0.39 is 0 Å². The summed E-state index contributed by atoms with van der Waals surface area (Å²) in [6, 6.07) is 5.57. The molecule has 0 bridgehead atoms. The Morgan fingerprint density at radius 2 is 1.93 bits per heavy atom. The molecule has 86 valence electrons. The largest absolute Gasteiger partial charge is 0.371 e. The zero-order chi connectivity index (χ0) is 11.7. The van der Waals surface area contributed by atoms with Gasteiger partial charge in [0.2, 0.25) is 0 Å². The van der Waals surface area contributed by atoms with Crippen LogP contribution in [0.25, 0.3) is 0 Å². The van der Waals surface area contributed by atoms with E-state index in [-0.39, 0.29) is 6.79 Å². The van der Waals surface area contributed by atoms with Crippen molar-refractivity contribution in [3.63, 3.8) is 0 Å². The average molecular weight is 251 g/mol. The number of ether oxygens (including phenoxy) is 1. The lowest BCUT2D eigenvalue weighted by Crippen LogP contribution is -1.83.